The average molecular weight is 497 g/mol. The Balaban J connectivity index is 0.00000625. The van der Waals surface area contributed by atoms with Crippen LogP contribution in [0, 0.1) is 11.8 Å². The Morgan fingerprint density at radius 1 is 1.19 bits per heavy atom. The summed E-state index contributed by atoms with van der Waals surface area (Å²) in [4.78, 5) is 4.31. The predicted octanol–water partition coefficient (Wildman–Crippen LogP) is 3.81. The minimum atomic E-state index is 0. The molecule has 1 heterocycles. The van der Waals surface area contributed by atoms with Crippen LogP contribution in [0.15, 0.2) is 10.1 Å². The summed E-state index contributed by atoms with van der Waals surface area (Å²) in [6, 6.07) is 0. The molecule has 152 valence electrons. The third-order valence-electron chi connectivity index (χ3n) is 4.33. The van der Waals surface area contributed by atoms with Crippen molar-refractivity contribution in [3.05, 3.63) is 5.82 Å². The molecule has 0 fully saturated rings. The van der Waals surface area contributed by atoms with E-state index >= 15 is 0 Å². The van der Waals surface area contributed by atoms with Gasteiger partial charge in [0.05, 0.1) is 0 Å². The first-order valence-electron chi connectivity index (χ1n) is 9.46. The molecule has 0 saturated heterocycles. The highest BCUT2D eigenvalue weighted by Gasteiger charge is 2.12. The lowest BCUT2D eigenvalue weighted by Gasteiger charge is -2.16. The fraction of sp³-hybridized carbons (Fsp3) is 0.833. The molecule has 0 amide bonds. The van der Waals surface area contributed by atoms with Gasteiger partial charge in [-0.25, -0.2) is 0 Å². The first-order valence-corrected chi connectivity index (χ1v) is 10.7. The third kappa shape index (κ3) is 8.92. The molecule has 8 heteroatoms. The molecule has 0 aromatic carbocycles. The number of thioether (sulfide) groups is 1. The Labute approximate surface area is 180 Å². The summed E-state index contributed by atoms with van der Waals surface area (Å²) < 4.78 is 2.26. The van der Waals surface area contributed by atoms with Crippen LogP contribution in [0.25, 0.3) is 0 Å². The lowest BCUT2D eigenvalue weighted by Crippen LogP contribution is -2.40. The van der Waals surface area contributed by atoms with Gasteiger partial charge in [0.2, 0.25) is 0 Å². The van der Waals surface area contributed by atoms with E-state index < -0.39 is 0 Å². The maximum atomic E-state index is 4.38. The van der Waals surface area contributed by atoms with Crippen LogP contribution in [0.3, 0.4) is 0 Å². The molecule has 1 rings (SSSR count). The maximum absolute atomic E-state index is 4.38. The molecule has 0 radical (unpaired) electrons. The first-order chi connectivity index (χ1) is 12.0. The first kappa shape index (κ1) is 25.5. The van der Waals surface area contributed by atoms with Gasteiger partial charge in [-0.05, 0) is 24.5 Å². The number of halogens is 1. The van der Waals surface area contributed by atoms with Gasteiger partial charge in [-0.15, -0.1) is 34.2 Å². The summed E-state index contributed by atoms with van der Waals surface area (Å²) in [5.41, 5.74) is 0. The van der Waals surface area contributed by atoms with Crippen LogP contribution in [0.5, 0.6) is 0 Å². The molecule has 0 aliphatic rings. The number of aromatic nitrogens is 3. The van der Waals surface area contributed by atoms with Crippen molar-refractivity contribution in [2.24, 2.45) is 16.8 Å². The topological polar surface area (TPSA) is 67.1 Å². The average Bonchev–Trinajstić information content (AvgIpc) is 2.98. The third-order valence-corrected chi connectivity index (χ3v) is 5.00. The largest absolute Gasteiger partial charge is 0.356 e. The lowest BCUT2D eigenvalue weighted by atomic mass is 10.0. The molecule has 0 spiro atoms. The van der Waals surface area contributed by atoms with Crippen molar-refractivity contribution in [1.82, 2.24) is 25.4 Å². The standard InChI is InChI=1S/C18H36N6S.HI/c1-7-15(8-2)12-21-17(19-5)20-11-9-10-16-22-23-18(25-6)24(16)13-14(3)4;/h14-15H,7-13H2,1-6H3,(H2,19,20,21);1H. The molecule has 0 unspecified atom stereocenters. The van der Waals surface area contributed by atoms with E-state index in [-0.39, 0.29) is 24.0 Å². The Bertz CT molecular complexity index is 514. The molecule has 26 heavy (non-hydrogen) atoms. The van der Waals surface area contributed by atoms with E-state index in [0.29, 0.717) is 11.8 Å². The summed E-state index contributed by atoms with van der Waals surface area (Å²) in [5.74, 6) is 3.27. The van der Waals surface area contributed by atoms with Crippen LogP contribution in [-0.2, 0) is 13.0 Å². The zero-order valence-corrected chi connectivity index (χ0v) is 20.4. The number of hydrogen-bond donors (Lipinski definition) is 2. The van der Waals surface area contributed by atoms with Gasteiger partial charge in [0.1, 0.15) is 5.82 Å². The van der Waals surface area contributed by atoms with Gasteiger partial charge in [0.25, 0.3) is 0 Å². The van der Waals surface area contributed by atoms with Gasteiger partial charge in [-0.3, -0.25) is 4.99 Å². The Morgan fingerprint density at radius 3 is 2.42 bits per heavy atom. The molecule has 0 saturated carbocycles. The van der Waals surface area contributed by atoms with Crippen molar-refractivity contribution in [2.75, 3.05) is 26.4 Å². The van der Waals surface area contributed by atoms with Gasteiger partial charge in [-0.2, -0.15) is 0 Å². The second-order valence-corrected chi connectivity index (χ2v) is 7.55. The van der Waals surface area contributed by atoms with Gasteiger partial charge in [0, 0.05) is 33.1 Å². The Hall–Kier alpha value is -0.510. The maximum Gasteiger partial charge on any atom is 0.190 e. The SMILES string of the molecule is CCC(CC)CNC(=NC)NCCCc1nnc(SC)n1CC(C)C.I. The number of aliphatic imine (C=N–C) groups is 1. The number of guanidine groups is 1. The quantitative estimate of drug-likeness (QED) is 0.160. The van der Waals surface area contributed by atoms with E-state index in [1.165, 1.54) is 12.8 Å². The minimum absolute atomic E-state index is 0. The summed E-state index contributed by atoms with van der Waals surface area (Å²) in [5, 5.41) is 16.5. The van der Waals surface area contributed by atoms with Crippen LogP contribution in [0.2, 0.25) is 0 Å². The van der Waals surface area contributed by atoms with Crippen LogP contribution < -0.4 is 10.6 Å². The van der Waals surface area contributed by atoms with Crippen molar-refractivity contribution >= 4 is 41.7 Å². The highest BCUT2D eigenvalue weighted by Crippen LogP contribution is 2.16. The lowest BCUT2D eigenvalue weighted by molar-refractivity contribution is 0.475. The number of nitrogens with zero attached hydrogens (tertiary/aromatic N) is 4. The molecular formula is C18H37IN6S. The van der Waals surface area contributed by atoms with Crippen molar-refractivity contribution < 1.29 is 0 Å². The summed E-state index contributed by atoms with van der Waals surface area (Å²) in [6.45, 7) is 11.8. The van der Waals surface area contributed by atoms with E-state index in [0.717, 1.165) is 49.4 Å². The van der Waals surface area contributed by atoms with E-state index in [9.17, 15) is 0 Å². The normalized spacial score (nSPS) is 11.8. The van der Waals surface area contributed by atoms with Gasteiger partial charge < -0.3 is 15.2 Å². The highest BCUT2D eigenvalue weighted by atomic mass is 127. The molecule has 6 nitrogen and oxygen atoms in total. The van der Waals surface area contributed by atoms with Gasteiger partial charge in [-0.1, -0.05) is 52.3 Å². The highest BCUT2D eigenvalue weighted by molar-refractivity contribution is 14.0. The van der Waals surface area contributed by atoms with Crippen LogP contribution >= 0.6 is 35.7 Å². The fourth-order valence-corrected chi connectivity index (χ4v) is 3.22. The van der Waals surface area contributed by atoms with Crippen molar-refractivity contribution in [3.63, 3.8) is 0 Å². The number of aryl methyl sites for hydroxylation is 1. The predicted molar refractivity (Wildman–Crippen MR) is 124 cm³/mol. The monoisotopic (exact) mass is 496 g/mol. The van der Waals surface area contributed by atoms with Gasteiger partial charge in [0.15, 0.2) is 11.1 Å². The van der Waals surface area contributed by atoms with Crippen molar-refractivity contribution in [1.29, 1.82) is 0 Å². The molecule has 1 aromatic heterocycles. The molecular weight excluding hydrogens is 459 g/mol. The van der Waals surface area contributed by atoms with Crippen LogP contribution in [-0.4, -0.2) is 47.1 Å². The van der Waals surface area contributed by atoms with Crippen molar-refractivity contribution in [2.45, 2.75) is 65.1 Å². The van der Waals surface area contributed by atoms with E-state index in [2.05, 4.69) is 64.3 Å². The Kier molecular flexibility index (Phi) is 14.3. The zero-order valence-electron chi connectivity index (χ0n) is 17.2. The Morgan fingerprint density at radius 2 is 1.88 bits per heavy atom. The van der Waals surface area contributed by atoms with Crippen LogP contribution in [0.1, 0.15) is 52.8 Å². The second kappa shape index (κ2) is 14.5. The molecule has 0 aliphatic heterocycles. The van der Waals surface area contributed by atoms with E-state index in [1.807, 2.05) is 7.05 Å². The summed E-state index contributed by atoms with van der Waals surface area (Å²) in [7, 11) is 1.83. The van der Waals surface area contributed by atoms with Gasteiger partial charge >= 0.3 is 0 Å². The minimum Gasteiger partial charge on any atom is -0.356 e. The fourth-order valence-electron chi connectivity index (χ4n) is 2.70. The number of nitrogens with one attached hydrogen (secondary N) is 2. The summed E-state index contributed by atoms with van der Waals surface area (Å²) >= 11 is 1.66. The van der Waals surface area contributed by atoms with Crippen molar-refractivity contribution in [3.8, 4) is 0 Å². The van der Waals surface area contributed by atoms with E-state index in [1.54, 1.807) is 11.8 Å². The second-order valence-electron chi connectivity index (χ2n) is 6.77. The molecule has 0 aliphatic carbocycles. The van der Waals surface area contributed by atoms with E-state index in [4.69, 9.17) is 0 Å². The molecule has 0 atom stereocenters. The smallest absolute Gasteiger partial charge is 0.190 e. The molecule has 1 aromatic rings. The molecule has 0 bridgehead atoms. The van der Waals surface area contributed by atoms with Crippen LogP contribution in [0.4, 0.5) is 0 Å². The number of rotatable bonds is 11. The number of hydrogen-bond acceptors (Lipinski definition) is 4. The zero-order chi connectivity index (χ0) is 18.7. The summed E-state index contributed by atoms with van der Waals surface area (Å²) in [6.07, 6.45) is 6.39. The molecule has 2 N–H and O–H groups in total.